The molecule has 0 aliphatic carbocycles. The lowest BCUT2D eigenvalue weighted by Gasteiger charge is -2.28. The topological polar surface area (TPSA) is 88.6 Å². The fourth-order valence-electron chi connectivity index (χ4n) is 3.80. The third-order valence-electron chi connectivity index (χ3n) is 5.71. The fourth-order valence-corrected chi connectivity index (χ4v) is 3.80. The van der Waals surface area contributed by atoms with E-state index >= 15 is 0 Å². The average Bonchev–Trinajstić information content (AvgIpc) is 2.89. The van der Waals surface area contributed by atoms with E-state index in [1.807, 2.05) is 12.1 Å². The third kappa shape index (κ3) is 5.60. The van der Waals surface area contributed by atoms with Crippen molar-refractivity contribution < 1.29 is 18.7 Å². The van der Waals surface area contributed by atoms with Gasteiger partial charge in [0.05, 0.1) is 20.3 Å². The van der Waals surface area contributed by atoms with Crippen LogP contribution in [0.15, 0.2) is 48.8 Å². The number of methoxy groups -OCH3 is 1. The molecule has 1 aliphatic rings. The number of morpholine rings is 1. The van der Waals surface area contributed by atoms with Crippen LogP contribution in [0.4, 0.5) is 21.7 Å². The van der Waals surface area contributed by atoms with E-state index in [9.17, 15) is 9.18 Å². The van der Waals surface area contributed by atoms with Crippen LogP contribution in [-0.4, -0.2) is 56.3 Å². The Morgan fingerprint density at radius 3 is 2.47 bits per heavy atom. The quantitative estimate of drug-likeness (QED) is 0.527. The summed E-state index contributed by atoms with van der Waals surface area (Å²) in [6.07, 6.45) is 4.34. The first-order valence-corrected chi connectivity index (χ1v) is 11.2. The molecule has 9 heteroatoms. The Morgan fingerprint density at radius 1 is 1.12 bits per heavy atom. The summed E-state index contributed by atoms with van der Waals surface area (Å²) in [5, 5.41) is 5.75. The summed E-state index contributed by atoms with van der Waals surface area (Å²) >= 11 is 0. The smallest absolute Gasteiger partial charge is 0.251 e. The van der Waals surface area contributed by atoms with Crippen molar-refractivity contribution in [3.05, 3.63) is 71.3 Å². The highest BCUT2D eigenvalue weighted by Gasteiger charge is 2.15. The van der Waals surface area contributed by atoms with Crippen molar-refractivity contribution in [1.29, 1.82) is 0 Å². The van der Waals surface area contributed by atoms with Crippen LogP contribution in [0.5, 0.6) is 5.75 Å². The van der Waals surface area contributed by atoms with Gasteiger partial charge in [0.1, 0.15) is 0 Å². The van der Waals surface area contributed by atoms with Gasteiger partial charge in [-0.25, -0.2) is 14.4 Å². The number of benzene rings is 2. The number of rotatable bonds is 8. The first-order valence-electron chi connectivity index (χ1n) is 11.2. The summed E-state index contributed by atoms with van der Waals surface area (Å²) in [5.74, 6) is -0.227. The summed E-state index contributed by atoms with van der Waals surface area (Å²) < 4.78 is 25.2. The molecule has 2 N–H and O–H groups in total. The number of amides is 1. The van der Waals surface area contributed by atoms with Gasteiger partial charge >= 0.3 is 0 Å². The summed E-state index contributed by atoms with van der Waals surface area (Å²) in [7, 11) is 2.91. The number of hydrogen-bond acceptors (Lipinski definition) is 7. The second kappa shape index (κ2) is 10.9. The van der Waals surface area contributed by atoms with Gasteiger partial charge in [0, 0.05) is 49.5 Å². The summed E-state index contributed by atoms with van der Waals surface area (Å²) in [5.41, 5.74) is 3.67. The van der Waals surface area contributed by atoms with Gasteiger partial charge in [0.15, 0.2) is 11.6 Å². The molecule has 0 atom stereocenters. The zero-order valence-electron chi connectivity index (χ0n) is 19.3. The van der Waals surface area contributed by atoms with Gasteiger partial charge < -0.3 is 25.0 Å². The standard InChI is InChI=1S/C25H28FN5O3/c1-27-24(32)19-13-18(23(26)22(14-19)33-2)4-3-17-15-28-25(29-16-17)30-20-5-7-21(8-6-20)31-9-11-34-12-10-31/h5-8,13-16H,3-4,9-12H2,1-2H3,(H,27,32)(H,28,29,30). The molecular formula is C25H28FN5O3. The molecule has 0 spiro atoms. The maximum absolute atomic E-state index is 14.7. The molecule has 178 valence electrons. The zero-order chi connectivity index (χ0) is 23.9. The van der Waals surface area contributed by atoms with Crippen LogP contribution in [0.2, 0.25) is 0 Å². The van der Waals surface area contributed by atoms with Crippen molar-refractivity contribution in [3.63, 3.8) is 0 Å². The van der Waals surface area contributed by atoms with Crippen LogP contribution in [0.1, 0.15) is 21.5 Å². The number of aromatic nitrogens is 2. The molecule has 2 heterocycles. The molecule has 0 radical (unpaired) electrons. The molecule has 1 aromatic heterocycles. The van der Waals surface area contributed by atoms with E-state index in [0.717, 1.165) is 43.2 Å². The SMILES string of the molecule is CNC(=O)c1cc(CCc2cnc(Nc3ccc(N4CCOCC4)cc3)nc2)c(F)c(OC)c1. The maximum Gasteiger partial charge on any atom is 0.251 e. The van der Waals surface area contributed by atoms with Gasteiger partial charge in [0.2, 0.25) is 5.95 Å². The Bertz CT molecular complexity index is 1120. The second-order valence-electron chi connectivity index (χ2n) is 7.92. The van der Waals surface area contributed by atoms with Crippen molar-refractivity contribution in [2.24, 2.45) is 0 Å². The number of aryl methyl sites for hydroxylation is 2. The first kappa shape index (κ1) is 23.4. The van der Waals surface area contributed by atoms with Crippen molar-refractivity contribution in [2.45, 2.75) is 12.8 Å². The van der Waals surface area contributed by atoms with Crippen LogP contribution >= 0.6 is 0 Å². The van der Waals surface area contributed by atoms with Crippen LogP contribution in [0, 0.1) is 5.82 Å². The molecule has 3 aromatic rings. The second-order valence-corrected chi connectivity index (χ2v) is 7.92. The third-order valence-corrected chi connectivity index (χ3v) is 5.71. The molecule has 4 rings (SSSR count). The van der Waals surface area contributed by atoms with E-state index in [1.54, 1.807) is 18.5 Å². The molecule has 34 heavy (non-hydrogen) atoms. The monoisotopic (exact) mass is 465 g/mol. The number of anilines is 3. The van der Waals surface area contributed by atoms with Crippen molar-refractivity contribution in [3.8, 4) is 5.75 Å². The molecule has 0 unspecified atom stereocenters. The lowest BCUT2D eigenvalue weighted by molar-refractivity contribution is 0.0962. The number of carbonyl (C=O) groups excluding carboxylic acids is 1. The van der Waals surface area contributed by atoms with Crippen molar-refractivity contribution >= 4 is 23.2 Å². The Morgan fingerprint density at radius 2 is 1.82 bits per heavy atom. The predicted octanol–water partition coefficient (Wildman–Crippen LogP) is 3.35. The van der Waals surface area contributed by atoms with Crippen LogP contribution in [0.3, 0.4) is 0 Å². The minimum Gasteiger partial charge on any atom is -0.494 e. The van der Waals surface area contributed by atoms with Gasteiger partial charge in [-0.05, 0) is 60.4 Å². The van der Waals surface area contributed by atoms with Gasteiger partial charge in [-0.1, -0.05) is 0 Å². The Balaban J connectivity index is 1.37. The molecule has 2 aromatic carbocycles. The number of nitrogens with zero attached hydrogens (tertiary/aromatic N) is 3. The molecular weight excluding hydrogens is 437 g/mol. The molecule has 8 nitrogen and oxygen atoms in total. The maximum atomic E-state index is 14.7. The van der Waals surface area contributed by atoms with Gasteiger partial charge in [-0.2, -0.15) is 0 Å². The number of nitrogens with one attached hydrogen (secondary N) is 2. The predicted molar refractivity (Wildman–Crippen MR) is 129 cm³/mol. The number of halogens is 1. The molecule has 1 amide bonds. The lowest BCUT2D eigenvalue weighted by atomic mass is 10.0. The fraction of sp³-hybridized carbons (Fsp3) is 0.320. The number of carbonyl (C=O) groups is 1. The van der Waals surface area contributed by atoms with Crippen LogP contribution < -0.4 is 20.3 Å². The molecule has 1 aliphatic heterocycles. The highest BCUT2D eigenvalue weighted by molar-refractivity contribution is 5.94. The van der Waals surface area contributed by atoms with E-state index in [-0.39, 0.29) is 11.7 Å². The summed E-state index contributed by atoms with van der Waals surface area (Å²) in [6, 6.07) is 11.1. The van der Waals surface area contributed by atoms with Gasteiger partial charge in [-0.15, -0.1) is 0 Å². The Hall–Kier alpha value is -3.72. The molecule has 1 fully saturated rings. The molecule has 1 saturated heterocycles. The Labute approximate surface area is 198 Å². The summed E-state index contributed by atoms with van der Waals surface area (Å²) in [4.78, 5) is 23.0. The van der Waals surface area contributed by atoms with E-state index in [0.29, 0.717) is 29.9 Å². The minimum atomic E-state index is -0.463. The highest BCUT2D eigenvalue weighted by Crippen LogP contribution is 2.25. The summed E-state index contributed by atoms with van der Waals surface area (Å²) in [6.45, 7) is 3.29. The van der Waals surface area contributed by atoms with Crippen LogP contribution in [-0.2, 0) is 17.6 Å². The number of ether oxygens (including phenoxy) is 2. The van der Waals surface area contributed by atoms with Crippen LogP contribution in [0.25, 0.3) is 0 Å². The molecule has 0 bridgehead atoms. The van der Waals surface area contributed by atoms with E-state index in [1.165, 1.54) is 20.2 Å². The normalized spacial score (nSPS) is 13.4. The van der Waals surface area contributed by atoms with E-state index in [4.69, 9.17) is 9.47 Å². The minimum absolute atomic E-state index is 0.0477. The zero-order valence-corrected chi connectivity index (χ0v) is 19.3. The average molecular weight is 466 g/mol. The van der Waals surface area contributed by atoms with E-state index < -0.39 is 5.82 Å². The van der Waals surface area contributed by atoms with Crippen molar-refractivity contribution in [2.75, 3.05) is 50.7 Å². The van der Waals surface area contributed by atoms with E-state index in [2.05, 4.69) is 37.6 Å². The molecule has 0 saturated carbocycles. The van der Waals surface area contributed by atoms with Gasteiger partial charge in [0.25, 0.3) is 5.91 Å². The van der Waals surface area contributed by atoms with Gasteiger partial charge in [-0.3, -0.25) is 4.79 Å². The highest BCUT2D eigenvalue weighted by atomic mass is 19.1. The Kier molecular flexibility index (Phi) is 7.54. The number of hydrogen-bond donors (Lipinski definition) is 2. The van der Waals surface area contributed by atoms with Crippen molar-refractivity contribution in [1.82, 2.24) is 15.3 Å². The largest absolute Gasteiger partial charge is 0.494 e. The lowest BCUT2D eigenvalue weighted by Crippen LogP contribution is -2.36. The first-order chi connectivity index (χ1) is 16.6.